The molecule has 0 spiro atoms. The van der Waals surface area contributed by atoms with E-state index in [4.69, 9.17) is 14.2 Å². The van der Waals surface area contributed by atoms with Crippen LogP contribution in [0.1, 0.15) is 11.1 Å². The van der Waals surface area contributed by atoms with E-state index in [1.165, 1.54) is 0 Å². The quantitative estimate of drug-likeness (QED) is 0.323. The number of aromatic nitrogens is 1. The van der Waals surface area contributed by atoms with Crippen LogP contribution in [0.4, 0.5) is 10.1 Å². The Morgan fingerprint density at radius 1 is 1.04 bits per heavy atom. The van der Waals surface area contributed by atoms with Crippen molar-refractivity contribution in [3.05, 3.63) is 57.8 Å². The zero-order chi connectivity index (χ0) is 20.4. The fraction of sp³-hybridized carbons (Fsp3) is 0.381. The highest BCUT2D eigenvalue weighted by atomic mass is 127. The summed E-state index contributed by atoms with van der Waals surface area (Å²) in [5, 5.41) is 0. The maximum absolute atomic E-state index is 11.9. The molecule has 0 saturated heterocycles. The first-order chi connectivity index (χ1) is 13.5. The Labute approximate surface area is 179 Å². The molecule has 2 aromatic rings. The van der Waals surface area contributed by atoms with E-state index < -0.39 is 6.67 Å². The SMILES string of the molecule is C=C(c1ccc(N(C)C)cc1)c1cnc(OCCOCCOCCF)c(I)c1. The van der Waals surface area contributed by atoms with Crippen LogP contribution in [0.2, 0.25) is 0 Å². The lowest BCUT2D eigenvalue weighted by molar-refractivity contribution is 0.0319. The lowest BCUT2D eigenvalue weighted by atomic mass is 10.0. The Morgan fingerprint density at radius 3 is 2.29 bits per heavy atom. The van der Waals surface area contributed by atoms with Gasteiger partial charge in [0.2, 0.25) is 5.88 Å². The molecule has 0 radical (unpaired) electrons. The van der Waals surface area contributed by atoms with E-state index >= 15 is 0 Å². The molecule has 0 saturated carbocycles. The van der Waals surface area contributed by atoms with Crippen molar-refractivity contribution in [1.82, 2.24) is 4.98 Å². The van der Waals surface area contributed by atoms with E-state index in [1.807, 2.05) is 20.2 Å². The number of alkyl halides is 1. The second-order valence-electron chi connectivity index (χ2n) is 6.19. The van der Waals surface area contributed by atoms with Gasteiger partial charge in [-0.1, -0.05) is 18.7 Å². The Balaban J connectivity index is 1.85. The molecule has 5 nitrogen and oxygen atoms in total. The standard InChI is InChI=1S/C21H26FIN2O3/c1-16(17-4-6-19(7-5-17)25(2)3)18-14-20(23)21(24-15-18)28-13-12-27-11-10-26-9-8-22/h4-7,14-15H,1,8-13H2,2-3H3. The normalized spacial score (nSPS) is 10.7. The van der Waals surface area contributed by atoms with Crippen LogP contribution in [0, 0.1) is 3.57 Å². The zero-order valence-electron chi connectivity index (χ0n) is 16.3. The molecule has 0 amide bonds. The number of hydrogen-bond donors (Lipinski definition) is 0. The van der Waals surface area contributed by atoms with Crippen LogP contribution in [0.5, 0.6) is 5.88 Å². The summed E-state index contributed by atoms with van der Waals surface area (Å²) in [5.74, 6) is 0.567. The highest BCUT2D eigenvalue weighted by Crippen LogP contribution is 2.27. The average Bonchev–Trinajstić information content (AvgIpc) is 2.70. The third-order valence-electron chi connectivity index (χ3n) is 3.95. The lowest BCUT2D eigenvalue weighted by Gasteiger charge is -2.14. The van der Waals surface area contributed by atoms with Gasteiger partial charge in [-0.25, -0.2) is 9.37 Å². The first-order valence-corrected chi connectivity index (χ1v) is 10.1. The molecule has 1 aromatic carbocycles. The fourth-order valence-corrected chi connectivity index (χ4v) is 3.03. The first-order valence-electron chi connectivity index (χ1n) is 8.99. The number of rotatable bonds is 12. The van der Waals surface area contributed by atoms with Gasteiger partial charge < -0.3 is 19.1 Å². The minimum absolute atomic E-state index is 0.111. The van der Waals surface area contributed by atoms with Gasteiger partial charge in [-0.15, -0.1) is 0 Å². The molecule has 0 bridgehead atoms. The second kappa shape index (κ2) is 12.0. The third-order valence-corrected chi connectivity index (χ3v) is 4.72. The summed E-state index contributed by atoms with van der Waals surface area (Å²) in [6, 6.07) is 10.3. The van der Waals surface area contributed by atoms with Gasteiger partial charge in [0, 0.05) is 31.5 Å². The molecule has 0 aliphatic heterocycles. The molecule has 7 heteroatoms. The van der Waals surface area contributed by atoms with E-state index in [0.717, 1.165) is 26.0 Å². The van der Waals surface area contributed by atoms with Gasteiger partial charge in [0.05, 0.1) is 30.0 Å². The molecule has 2 rings (SSSR count). The van der Waals surface area contributed by atoms with Gasteiger partial charge in [-0.05, 0) is 51.9 Å². The number of nitrogens with zero attached hydrogens (tertiary/aromatic N) is 2. The van der Waals surface area contributed by atoms with Crippen molar-refractivity contribution in [1.29, 1.82) is 0 Å². The van der Waals surface area contributed by atoms with Gasteiger partial charge >= 0.3 is 0 Å². The number of ether oxygens (including phenoxy) is 3. The molecular formula is C21H26FIN2O3. The van der Waals surface area contributed by atoms with Crippen molar-refractivity contribution < 1.29 is 18.6 Å². The molecule has 1 heterocycles. The fourth-order valence-electron chi connectivity index (χ4n) is 2.40. The van der Waals surface area contributed by atoms with Crippen LogP contribution < -0.4 is 9.64 Å². The van der Waals surface area contributed by atoms with Gasteiger partial charge in [-0.2, -0.15) is 0 Å². The molecule has 0 fully saturated rings. The van der Waals surface area contributed by atoms with Crippen molar-refractivity contribution in [3.8, 4) is 5.88 Å². The smallest absolute Gasteiger partial charge is 0.227 e. The summed E-state index contributed by atoms with van der Waals surface area (Å²) in [6.07, 6.45) is 1.77. The molecule has 1 aromatic heterocycles. The predicted octanol–water partition coefficient (Wildman–Crippen LogP) is 4.20. The molecule has 0 aliphatic rings. The number of pyridine rings is 1. The molecule has 0 aliphatic carbocycles. The lowest BCUT2D eigenvalue weighted by Crippen LogP contribution is -2.12. The monoisotopic (exact) mass is 500 g/mol. The maximum atomic E-state index is 11.9. The molecular weight excluding hydrogens is 474 g/mol. The minimum atomic E-state index is -0.475. The van der Waals surface area contributed by atoms with Crippen LogP contribution >= 0.6 is 22.6 Å². The average molecular weight is 500 g/mol. The van der Waals surface area contributed by atoms with Crippen LogP contribution in [-0.2, 0) is 9.47 Å². The number of benzene rings is 1. The number of anilines is 1. The van der Waals surface area contributed by atoms with Crippen LogP contribution in [0.25, 0.3) is 5.57 Å². The van der Waals surface area contributed by atoms with Crippen molar-refractivity contribution in [2.45, 2.75) is 0 Å². The molecule has 0 unspecified atom stereocenters. The highest BCUT2D eigenvalue weighted by molar-refractivity contribution is 14.1. The second-order valence-corrected chi connectivity index (χ2v) is 7.36. The van der Waals surface area contributed by atoms with Gasteiger partial charge in [0.15, 0.2) is 0 Å². The summed E-state index contributed by atoms with van der Waals surface area (Å²) in [6.45, 7) is 5.44. The van der Waals surface area contributed by atoms with Crippen LogP contribution in [0.3, 0.4) is 0 Å². The molecule has 0 atom stereocenters. The Morgan fingerprint density at radius 2 is 1.68 bits per heavy atom. The maximum Gasteiger partial charge on any atom is 0.227 e. The van der Waals surface area contributed by atoms with Gasteiger partial charge in [-0.3, -0.25) is 0 Å². The van der Waals surface area contributed by atoms with E-state index in [2.05, 4.69) is 63.3 Å². The van der Waals surface area contributed by atoms with E-state index in [-0.39, 0.29) is 6.61 Å². The predicted molar refractivity (Wildman–Crippen MR) is 119 cm³/mol. The van der Waals surface area contributed by atoms with Crippen molar-refractivity contribution >= 4 is 33.9 Å². The third kappa shape index (κ3) is 7.03. The van der Waals surface area contributed by atoms with Gasteiger partial charge in [0.1, 0.15) is 13.3 Å². The van der Waals surface area contributed by atoms with Crippen LogP contribution in [-0.4, -0.2) is 58.8 Å². The van der Waals surface area contributed by atoms with Crippen molar-refractivity contribution in [2.75, 3.05) is 58.7 Å². The summed E-state index contributed by atoms with van der Waals surface area (Å²) in [7, 11) is 4.03. The Bertz CT molecular complexity index is 754. The summed E-state index contributed by atoms with van der Waals surface area (Å²) in [5.41, 5.74) is 4.07. The van der Waals surface area contributed by atoms with Crippen molar-refractivity contribution in [2.24, 2.45) is 0 Å². The first kappa shape index (κ1) is 22.6. The van der Waals surface area contributed by atoms with Crippen molar-refractivity contribution in [3.63, 3.8) is 0 Å². The summed E-state index contributed by atoms with van der Waals surface area (Å²) >= 11 is 2.20. The largest absolute Gasteiger partial charge is 0.474 e. The molecule has 0 N–H and O–H groups in total. The van der Waals surface area contributed by atoms with E-state index in [9.17, 15) is 4.39 Å². The topological polar surface area (TPSA) is 43.8 Å². The number of halogens is 2. The highest BCUT2D eigenvalue weighted by Gasteiger charge is 2.09. The zero-order valence-corrected chi connectivity index (χ0v) is 18.4. The van der Waals surface area contributed by atoms with Gasteiger partial charge in [0.25, 0.3) is 0 Å². The van der Waals surface area contributed by atoms with E-state index in [0.29, 0.717) is 32.3 Å². The number of hydrogen-bond acceptors (Lipinski definition) is 5. The molecule has 28 heavy (non-hydrogen) atoms. The Kier molecular flexibility index (Phi) is 9.66. The summed E-state index contributed by atoms with van der Waals surface area (Å²) in [4.78, 5) is 6.47. The summed E-state index contributed by atoms with van der Waals surface area (Å²) < 4.78 is 28.8. The Hall–Kier alpha value is -1.71. The van der Waals surface area contributed by atoms with Crippen LogP contribution in [0.15, 0.2) is 43.1 Å². The van der Waals surface area contributed by atoms with E-state index in [1.54, 1.807) is 6.20 Å². The molecule has 152 valence electrons. The minimum Gasteiger partial charge on any atom is -0.474 e.